The van der Waals surface area contributed by atoms with E-state index < -0.39 is 0 Å². The number of amides is 1. The average molecular weight is 387 g/mol. The molecule has 2 aromatic rings. The van der Waals surface area contributed by atoms with Gasteiger partial charge in [0.15, 0.2) is 0 Å². The Morgan fingerprint density at radius 1 is 1.11 bits per heavy atom. The van der Waals surface area contributed by atoms with E-state index in [1.807, 2.05) is 43.3 Å². The topological polar surface area (TPSA) is 55.6 Å². The van der Waals surface area contributed by atoms with Gasteiger partial charge in [0.25, 0.3) is 5.91 Å². The van der Waals surface area contributed by atoms with Gasteiger partial charge in [0.05, 0.1) is 12.6 Å². The molecule has 1 saturated carbocycles. The van der Waals surface area contributed by atoms with Crippen LogP contribution in [0.2, 0.25) is 0 Å². The quantitative estimate of drug-likeness (QED) is 0.769. The number of ether oxygens (including phenoxy) is 1. The van der Waals surface area contributed by atoms with Crippen molar-refractivity contribution in [2.75, 3.05) is 12.8 Å². The molecule has 2 N–H and O–H groups in total. The molecule has 0 bridgehead atoms. The Kier molecular flexibility index (Phi) is 5.38. The maximum atomic E-state index is 13.4. The van der Waals surface area contributed by atoms with Crippen LogP contribution in [0.3, 0.4) is 0 Å². The van der Waals surface area contributed by atoms with Gasteiger partial charge in [0.1, 0.15) is 5.75 Å². The van der Waals surface area contributed by atoms with E-state index in [0.717, 1.165) is 59.4 Å². The minimum atomic E-state index is -0.204. The number of hydrogen-bond acceptors (Lipinski definition) is 3. The molecule has 27 heavy (non-hydrogen) atoms. The van der Waals surface area contributed by atoms with Gasteiger partial charge >= 0.3 is 0 Å². The lowest BCUT2D eigenvalue weighted by Gasteiger charge is -2.42. The highest BCUT2D eigenvalue weighted by atomic mass is 35.5. The predicted molar refractivity (Wildman–Crippen MR) is 110 cm³/mol. The van der Waals surface area contributed by atoms with Crippen molar-refractivity contribution >= 4 is 24.0 Å². The van der Waals surface area contributed by atoms with Gasteiger partial charge in [-0.1, -0.05) is 31.4 Å². The summed E-state index contributed by atoms with van der Waals surface area (Å²) < 4.78 is 5.26. The maximum absolute atomic E-state index is 13.4. The van der Waals surface area contributed by atoms with Gasteiger partial charge in [-0.15, -0.1) is 12.4 Å². The monoisotopic (exact) mass is 386 g/mol. The lowest BCUT2D eigenvalue weighted by Crippen LogP contribution is -2.44. The molecule has 2 aliphatic rings. The molecule has 4 nitrogen and oxygen atoms in total. The number of halogens is 1. The summed E-state index contributed by atoms with van der Waals surface area (Å²) in [5.41, 5.74) is 10.8. The molecule has 0 atom stereocenters. The zero-order valence-corrected chi connectivity index (χ0v) is 16.8. The van der Waals surface area contributed by atoms with Crippen molar-refractivity contribution in [2.45, 2.75) is 51.1 Å². The molecule has 1 amide bonds. The van der Waals surface area contributed by atoms with Crippen LogP contribution in [0, 0.1) is 6.92 Å². The summed E-state index contributed by atoms with van der Waals surface area (Å²) in [5, 5.41) is 0. The third-order valence-electron chi connectivity index (χ3n) is 6.02. The Balaban J connectivity index is 0.00000210. The van der Waals surface area contributed by atoms with Gasteiger partial charge in [-0.3, -0.25) is 4.79 Å². The molecule has 1 heterocycles. The smallest absolute Gasteiger partial charge is 0.255 e. The number of carbonyl (C=O) groups is 1. The normalized spacial score (nSPS) is 17.6. The molecule has 2 aromatic carbocycles. The first-order chi connectivity index (χ1) is 12.5. The number of nitrogen functional groups attached to an aromatic ring is 1. The number of nitrogens with zero attached hydrogens (tertiary/aromatic N) is 1. The maximum Gasteiger partial charge on any atom is 0.255 e. The van der Waals surface area contributed by atoms with E-state index in [9.17, 15) is 4.79 Å². The Morgan fingerprint density at radius 3 is 2.41 bits per heavy atom. The number of anilines is 1. The predicted octanol–water partition coefficient (Wildman–Crippen LogP) is 4.82. The van der Waals surface area contributed by atoms with Crippen LogP contribution in [-0.4, -0.2) is 17.9 Å². The summed E-state index contributed by atoms with van der Waals surface area (Å²) in [6.07, 6.45) is 5.58. The molecule has 0 aromatic heterocycles. The molecule has 1 spiro atoms. The van der Waals surface area contributed by atoms with Crippen LogP contribution in [-0.2, 0) is 12.1 Å². The second kappa shape index (κ2) is 7.43. The number of benzene rings is 2. The van der Waals surface area contributed by atoms with Crippen LogP contribution < -0.4 is 10.5 Å². The number of nitrogens with two attached hydrogens (primary N) is 1. The standard InChI is InChI=1S/C22H26N2O2.ClH/c1-15-12-17(23)13-19-20(15)21(25)24(22(19)10-4-3-5-11-22)14-16-6-8-18(26-2)9-7-16;/h6-9,12-13H,3-5,10-11,14,23H2,1-2H3;1H. The fourth-order valence-electron chi connectivity index (χ4n) is 4.75. The van der Waals surface area contributed by atoms with Crippen molar-refractivity contribution in [1.82, 2.24) is 4.90 Å². The fraction of sp³-hybridized carbons (Fsp3) is 0.409. The van der Waals surface area contributed by atoms with Crippen molar-refractivity contribution in [3.05, 3.63) is 58.7 Å². The van der Waals surface area contributed by atoms with Gasteiger partial charge < -0.3 is 15.4 Å². The third kappa shape index (κ3) is 3.16. The Morgan fingerprint density at radius 2 is 1.78 bits per heavy atom. The van der Waals surface area contributed by atoms with Crippen molar-refractivity contribution in [1.29, 1.82) is 0 Å². The number of hydrogen-bond donors (Lipinski definition) is 1. The van der Waals surface area contributed by atoms with Crippen molar-refractivity contribution in [3.63, 3.8) is 0 Å². The van der Waals surface area contributed by atoms with E-state index in [-0.39, 0.29) is 23.9 Å². The molecule has 1 fully saturated rings. The molecule has 1 aliphatic heterocycles. The highest BCUT2D eigenvalue weighted by Gasteiger charge is 2.50. The SMILES string of the molecule is COc1ccc(CN2C(=O)c3c(C)cc(N)cc3C23CCCCC3)cc1.Cl. The molecular weight excluding hydrogens is 360 g/mol. The van der Waals surface area contributed by atoms with Crippen LogP contribution >= 0.6 is 12.4 Å². The Labute approximate surface area is 167 Å². The summed E-state index contributed by atoms with van der Waals surface area (Å²) in [4.78, 5) is 15.5. The van der Waals surface area contributed by atoms with Crippen molar-refractivity contribution < 1.29 is 9.53 Å². The first-order valence-electron chi connectivity index (χ1n) is 9.41. The number of carbonyl (C=O) groups excluding carboxylic acids is 1. The van der Waals surface area contributed by atoms with Gasteiger partial charge in [0.2, 0.25) is 0 Å². The minimum absolute atomic E-state index is 0. The summed E-state index contributed by atoms with van der Waals surface area (Å²) in [7, 11) is 1.67. The van der Waals surface area contributed by atoms with Gasteiger partial charge in [0, 0.05) is 17.8 Å². The van der Waals surface area contributed by atoms with Gasteiger partial charge in [-0.25, -0.2) is 0 Å². The Hall–Kier alpha value is -2.20. The fourth-order valence-corrected chi connectivity index (χ4v) is 4.75. The molecule has 144 valence electrons. The first kappa shape index (κ1) is 19.6. The molecule has 1 aliphatic carbocycles. The number of methoxy groups -OCH3 is 1. The van der Waals surface area contributed by atoms with E-state index in [1.165, 1.54) is 6.42 Å². The van der Waals surface area contributed by atoms with E-state index in [1.54, 1.807) is 7.11 Å². The number of fused-ring (bicyclic) bond motifs is 2. The molecule has 0 saturated heterocycles. The lowest BCUT2D eigenvalue weighted by atomic mass is 9.76. The Bertz CT molecular complexity index is 842. The van der Waals surface area contributed by atoms with Crippen LogP contribution in [0.25, 0.3) is 0 Å². The molecule has 0 unspecified atom stereocenters. The molecule has 5 heteroatoms. The van der Waals surface area contributed by atoms with E-state index in [4.69, 9.17) is 10.5 Å². The van der Waals surface area contributed by atoms with Crippen LogP contribution in [0.15, 0.2) is 36.4 Å². The highest BCUT2D eigenvalue weighted by molar-refractivity contribution is 6.02. The highest BCUT2D eigenvalue weighted by Crippen LogP contribution is 2.50. The zero-order chi connectivity index (χ0) is 18.3. The van der Waals surface area contributed by atoms with Crippen LogP contribution in [0.4, 0.5) is 5.69 Å². The van der Waals surface area contributed by atoms with E-state index in [0.29, 0.717) is 6.54 Å². The summed E-state index contributed by atoms with van der Waals surface area (Å²) in [5.74, 6) is 0.982. The zero-order valence-electron chi connectivity index (χ0n) is 16.0. The second-order valence-electron chi connectivity index (χ2n) is 7.59. The lowest BCUT2D eigenvalue weighted by molar-refractivity contribution is 0.0387. The minimum Gasteiger partial charge on any atom is -0.497 e. The van der Waals surface area contributed by atoms with E-state index in [2.05, 4.69) is 4.90 Å². The summed E-state index contributed by atoms with van der Waals surface area (Å²) in [6, 6.07) is 12.0. The number of aryl methyl sites for hydroxylation is 1. The van der Waals surface area contributed by atoms with E-state index >= 15 is 0 Å². The molecular formula is C22H27ClN2O2. The summed E-state index contributed by atoms with van der Waals surface area (Å²) >= 11 is 0. The van der Waals surface area contributed by atoms with Gasteiger partial charge in [-0.2, -0.15) is 0 Å². The van der Waals surface area contributed by atoms with Gasteiger partial charge in [-0.05, 0) is 60.7 Å². The van der Waals surface area contributed by atoms with Crippen LogP contribution in [0.5, 0.6) is 5.75 Å². The summed E-state index contributed by atoms with van der Waals surface area (Å²) in [6.45, 7) is 2.62. The first-order valence-corrected chi connectivity index (χ1v) is 9.41. The van der Waals surface area contributed by atoms with Crippen molar-refractivity contribution in [3.8, 4) is 5.75 Å². The largest absolute Gasteiger partial charge is 0.497 e. The third-order valence-corrected chi connectivity index (χ3v) is 6.02. The van der Waals surface area contributed by atoms with Crippen LogP contribution in [0.1, 0.15) is 59.2 Å². The average Bonchev–Trinajstić information content (AvgIpc) is 2.86. The number of rotatable bonds is 3. The second-order valence-corrected chi connectivity index (χ2v) is 7.59. The molecule has 4 rings (SSSR count). The molecule has 0 radical (unpaired) electrons. The van der Waals surface area contributed by atoms with Crippen molar-refractivity contribution in [2.24, 2.45) is 0 Å².